The largest absolute Gasteiger partial charge is 0.391 e. The Labute approximate surface area is 100.0 Å². The number of rotatable bonds is 4. The topological polar surface area (TPSA) is 30.8 Å². The van der Waals surface area contributed by atoms with Gasteiger partial charge in [-0.15, -0.1) is 11.6 Å². The zero-order valence-corrected chi connectivity index (χ0v) is 9.91. The first-order valence-electron chi connectivity index (χ1n) is 5.21. The molecule has 0 amide bonds. The molecular formula is C12H14ClNO2. The normalized spacial score (nSPS) is 19.4. The summed E-state index contributed by atoms with van der Waals surface area (Å²) in [4.78, 5) is 5.22. The molecule has 0 saturated heterocycles. The molecule has 3 nitrogen and oxygen atoms in total. The van der Waals surface area contributed by atoms with Gasteiger partial charge in [-0.2, -0.15) is 0 Å². The molecule has 1 atom stereocenters. The highest BCUT2D eigenvalue weighted by atomic mass is 35.5. The van der Waals surface area contributed by atoms with E-state index in [1.165, 1.54) is 0 Å². The van der Waals surface area contributed by atoms with Crippen LogP contribution in [-0.2, 0) is 16.2 Å². The molecule has 1 heterocycles. The van der Waals surface area contributed by atoms with Crippen LogP contribution >= 0.6 is 11.6 Å². The Hall–Kier alpha value is -1.06. The zero-order valence-electron chi connectivity index (χ0n) is 9.15. The lowest BCUT2D eigenvalue weighted by Gasteiger charge is -2.07. The van der Waals surface area contributed by atoms with Gasteiger partial charge in [-0.25, -0.2) is 0 Å². The molecule has 0 aliphatic carbocycles. The molecule has 0 N–H and O–H groups in total. The van der Waals surface area contributed by atoms with E-state index in [9.17, 15) is 0 Å². The predicted octanol–water partition coefficient (Wildman–Crippen LogP) is 2.56. The first kappa shape index (κ1) is 11.4. The predicted molar refractivity (Wildman–Crippen MR) is 63.9 cm³/mol. The van der Waals surface area contributed by atoms with E-state index in [1.54, 1.807) is 7.11 Å². The third kappa shape index (κ3) is 2.36. The van der Waals surface area contributed by atoms with Crippen molar-refractivity contribution < 1.29 is 9.57 Å². The van der Waals surface area contributed by atoms with Gasteiger partial charge in [0.2, 0.25) is 0 Å². The molecule has 1 aromatic rings. The van der Waals surface area contributed by atoms with E-state index >= 15 is 0 Å². The van der Waals surface area contributed by atoms with Crippen molar-refractivity contribution in [1.82, 2.24) is 0 Å². The standard InChI is InChI=1S/C12H14ClNO2/c1-15-8-9-4-2-3-5-11(9)12-6-10(7-13)16-14-12/h2-5,10H,6-8H2,1H3. The maximum atomic E-state index is 5.74. The first-order chi connectivity index (χ1) is 7.85. The van der Waals surface area contributed by atoms with Gasteiger partial charge in [0.15, 0.2) is 0 Å². The quantitative estimate of drug-likeness (QED) is 0.756. The van der Waals surface area contributed by atoms with Gasteiger partial charge in [0.1, 0.15) is 6.10 Å². The van der Waals surface area contributed by atoms with Crippen LogP contribution in [0.4, 0.5) is 0 Å². The molecule has 0 saturated carbocycles. The van der Waals surface area contributed by atoms with Crippen molar-refractivity contribution in [2.75, 3.05) is 13.0 Å². The van der Waals surface area contributed by atoms with Crippen LogP contribution in [0.5, 0.6) is 0 Å². The summed E-state index contributed by atoms with van der Waals surface area (Å²) >= 11 is 5.74. The highest BCUT2D eigenvalue weighted by molar-refractivity contribution is 6.18. The van der Waals surface area contributed by atoms with Crippen LogP contribution in [0, 0.1) is 0 Å². The Morgan fingerprint density at radius 3 is 3.00 bits per heavy atom. The fraction of sp³-hybridized carbons (Fsp3) is 0.417. The summed E-state index contributed by atoms with van der Waals surface area (Å²) in [5.41, 5.74) is 3.18. The molecule has 1 aliphatic rings. The van der Waals surface area contributed by atoms with E-state index in [0.717, 1.165) is 23.3 Å². The van der Waals surface area contributed by atoms with E-state index < -0.39 is 0 Å². The number of ether oxygens (including phenoxy) is 1. The van der Waals surface area contributed by atoms with Crippen LogP contribution in [0.3, 0.4) is 0 Å². The fourth-order valence-corrected chi connectivity index (χ4v) is 1.92. The van der Waals surface area contributed by atoms with Crippen LogP contribution in [0.25, 0.3) is 0 Å². The number of alkyl halides is 1. The van der Waals surface area contributed by atoms with Crippen LogP contribution in [0.15, 0.2) is 29.4 Å². The summed E-state index contributed by atoms with van der Waals surface area (Å²) in [5, 5.41) is 4.08. The Morgan fingerprint density at radius 1 is 1.50 bits per heavy atom. The molecule has 4 heteroatoms. The number of hydrogen-bond acceptors (Lipinski definition) is 3. The lowest BCUT2D eigenvalue weighted by atomic mass is 10.0. The second kappa shape index (κ2) is 5.32. The summed E-state index contributed by atoms with van der Waals surface area (Å²) in [6.45, 7) is 0.584. The van der Waals surface area contributed by atoms with E-state index in [2.05, 4.69) is 5.16 Å². The van der Waals surface area contributed by atoms with Gasteiger partial charge in [-0.3, -0.25) is 0 Å². The minimum atomic E-state index is 0.00673. The molecule has 0 radical (unpaired) electrons. The van der Waals surface area contributed by atoms with Crippen LogP contribution in [0.2, 0.25) is 0 Å². The van der Waals surface area contributed by atoms with Crippen molar-refractivity contribution in [3.8, 4) is 0 Å². The van der Waals surface area contributed by atoms with Gasteiger partial charge in [-0.05, 0) is 5.56 Å². The average molecular weight is 240 g/mol. The number of oxime groups is 1. The lowest BCUT2D eigenvalue weighted by Crippen LogP contribution is -2.11. The second-order valence-electron chi connectivity index (χ2n) is 3.71. The third-order valence-corrected chi connectivity index (χ3v) is 2.88. The highest BCUT2D eigenvalue weighted by Gasteiger charge is 2.22. The van der Waals surface area contributed by atoms with E-state index in [4.69, 9.17) is 21.2 Å². The highest BCUT2D eigenvalue weighted by Crippen LogP contribution is 2.20. The summed E-state index contributed by atoms with van der Waals surface area (Å²) in [6.07, 6.45) is 0.775. The summed E-state index contributed by atoms with van der Waals surface area (Å²) in [6, 6.07) is 8.06. The lowest BCUT2D eigenvalue weighted by molar-refractivity contribution is 0.102. The Bertz CT molecular complexity index is 392. The summed E-state index contributed by atoms with van der Waals surface area (Å²) in [7, 11) is 1.69. The average Bonchev–Trinajstić information content (AvgIpc) is 2.79. The third-order valence-electron chi connectivity index (χ3n) is 2.53. The Kier molecular flexibility index (Phi) is 3.80. The van der Waals surface area contributed by atoms with Crippen molar-refractivity contribution in [2.45, 2.75) is 19.1 Å². The van der Waals surface area contributed by atoms with E-state index in [1.807, 2.05) is 24.3 Å². The van der Waals surface area contributed by atoms with Crippen molar-refractivity contribution >= 4 is 17.3 Å². The number of methoxy groups -OCH3 is 1. The number of hydrogen-bond donors (Lipinski definition) is 0. The van der Waals surface area contributed by atoms with Crippen molar-refractivity contribution in [3.05, 3.63) is 35.4 Å². The Morgan fingerprint density at radius 2 is 2.31 bits per heavy atom. The van der Waals surface area contributed by atoms with Gasteiger partial charge in [0, 0.05) is 19.1 Å². The van der Waals surface area contributed by atoms with Crippen molar-refractivity contribution in [1.29, 1.82) is 0 Å². The molecule has 0 bridgehead atoms. The van der Waals surface area contributed by atoms with Gasteiger partial charge < -0.3 is 9.57 Å². The Balaban J connectivity index is 2.20. The minimum absolute atomic E-state index is 0.00673. The van der Waals surface area contributed by atoms with Crippen LogP contribution in [-0.4, -0.2) is 24.8 Å². The van der Waals surface area contributed by atoms with Gasteiger partial charge >= 0.3 is 0 Å². The molecule has 0 spiro atoms. The molecule has 1 unspecified atom stereocenters. The summed E-state index contributed by atoms with van der Waals surface area (Å²) < 4.78 is 5.16. The molecule has 86 valence electrons. The van der Waals surface area contributed by atoms with Gasteiger partial charge in [0.05, 0.1) is 18.2 Å². The van der Waals surface area contributed by atoms with E-state index in [0.29, 0.717) is 12.5 Å². The van der Waals surface area contributed by atoms with Crippen LogP contribution < -0.4 is 0 Å². The monoisotopic (exact) mass is 239 g/mol. The maximum absolute atomic E-state index is 5.74. The van der Waals surface area contributed by atoms with E-state index in [-0.39, 0.29) is 6.10 Å². The molecular weight excluding hydrogens is 226 g/mol. The molecule has 0 aromatic heterocycles. The second-order valence-corrected chi connectivity index (χ2v) is 4.02. The molecule has 1 aromatic carbocycles. The van der Waals surface area contributed by atoms with Crippen molar-refractivity contribution in [3.63, 3.8) is 0 Å². The smallest absolute Gasteiger partial charge is 0.146 e. The summed E-state index contributed by atoms with van der Waals surface area (Å²) in [5.74, 6) is 0.472. The number of halogens is 1. The number of benzene rings is 1. The fourth-order valence-electron chi connectivity index (χ4n) is 1.75. The van der Waals surface area contributed by atoms with Crippen molar-refractivity contribution in [2.24, 2.45) is 5.16 Å². The molecule has 2 rings (SSSR count). The minimum Gasteiger partial charge on any atom is -0.391 e. The molecule has 16 heavy (non-hydrogen) atoms. The van der Waals surface area contributed by atoms with Crippen LogP contribution in [0.1, 0.15) is 17.5 Å². The SMILES string of the molecule is COCc1ccccc1C1=NOC(CCl)C1. The first-order valence-corrected chi connectivity index (χ1v) is 5.74. The molecule has 1 aliphatic heterocycles. The zero-order chi connectivity index (χ0) is 11.4. The maximum Gasteiger partial charge on any atom is 0.146 e. The molecule has 0 fully saturated rings. The number of nitrogens with zero attached hydrogens (tertiary/aromatic N) is 1. The van der Waals surface area contributed by atoms with Gasteiger partial charge in [-0.1, -0.05) is 29.4 Å². The van der Waals surface area contributed by atoms with Gasteiger partial charge in [0.25, 0.3) is 0 Å².